The van der Waals surface area contributed by atoms with Crippen LogP contribution in [0.15, 0.2) is 36.4 Å². The number of rotatable bonds is 6. The van der Waals surface area contributed by atoms with Gasteiger partial charge in [-0.2, -0.15) is 5.21 Å². The molecule has 0 amide bonds. The molecule has 0 fully saturated rings. The van der Waals surface area contributed by atoms with Gasteiger partial charge >= 0.3 is 0 Å². The second-order valence-electron chi connectivity index (χ2n) is 4.87. The molecule has 0 aliphatic heterocycles. The summed E-state index contributed by atoms with van der Waals surface area (Å²) in [5.74, 6) is 1.45. The van der Waals surface area contributed by atoms with Gasteiger partial charge in [0.2, 0.25) is 5.82 Å². The molecule has 0 aliphatic carbocycles. The fourth-order valence-electron chi connectivity index (χ4n) is 2.12. The van der Waals surface area contributed by atoms with Crippen molar-refractivity contribution in [2.75, 3.05) is 6.61 Å². The highest BCUT2D eigenvalue weighted by atomic mass is 127. The minimum atomic E-state index is -0.271. The zero-order chi connectivity index (χ0) is 16.9. The van der Waals surface area contributed by atoms with Gasteiger partial charge in [-0.1, -0.05) is 12.1 Å². The molecule has 124 valence electrons. The smallest absolute Gasteiger partial charge is 0.204 e. The van der Waals surface area contributed by atoms with Crippen LogP contribution in [0.2, 0.25) is 0 Å². The molecule has 0 aliphatic rings. The normalized spacial score (nSPS) is 10.6. The zero-order valence-electron chi connectivity index (χ0n) is 12.8. The van der Waals surface area contributed by atoms with Crippen molar-refractivity contribution in [3.8, 4) is 22.9 Å². The first kappa shape index (κ1) is 16.6. The summed E-state index contributed by atoms with van der Waals surface area (Å²) in [6, 6.07) is 9.91. The van der Waals surface area contributed by atoms with Crippen molar-refractivity contribution in [2.45, 2.75) is 13.5 Å². The van der Waals surface area contributed by atoms with E-state index in [4.69, 9.17) is 9.47 Å². The fourth-order valence-corrected chi connectivity index (χ4v) is 2.88. The Kier molecular flexibility index (Phi) is 5.24. The quantitative estimate of drug-likeness (QED) is 0.594. The van der Waals surface area contributed by atoms with Crippen LogP contribution in [0.1, 0.15) is 12.5 Å². The number of aromatic nitrogens is 4. The SMILES string of the molecule is CCOc1cc(-c2nn[nH]n2)cc(I)c1OCc1ccc(F)cc1. The Morgan fingerprint density at radius 3 is 2.62 bits per heavy atom. The molecule has 6 nitrogen and oxygen atoms in total. The van der Waals surface area contributed by atoms with Crippen molar-refractivity contribution in [3.05, 3.63) is 51.3 Å². The summed E-state index contributed by atoms with van der Waals surface area (Å²) >= 11 is 2.17. The number of benzene rings is 2. The Balaban J connectivity index is 1.87. The first-order valence-electron chi connectivity index (χ1n) is 7.24. The van der Waals surface area contributed by atoms with Gasteiger partial charge < -0.3 is 9.47 Å². The average molecular weight is 440 g/mol. The van der Waals surface area contributed by atoms with E-state index in [9.17, 15) is 4.39 Å². The van der Waals surface area contributed by atoms with Crippen LogP contribution in [0.4, 0.5) is 4.39 Å². The van der Waals surface area contributed by atoms with Crippen molar-refractivity contribution in [2.24, 2.45) is 0 Å². The highest BCUT2D eigenvalue weighted by Crippen LogP contribution is 2.37. The molecule has 0 bridgehead atoms. The Morgan fingerprint density at radius 2 is 1.96 bits per heavy atom. The molecule has 1 aromatic heterocycles. The lowest BCUT2D eigenvalue weighted by molar-refractivity contribution is 0.267. The van der Waals surface area contributed by atoms with Gasteiger partial charge in [-0.25, -0.2) is 4.39 Å². The van der Waals surface area contributed by atoms with Gasteiger partial charge in [0.25, 0.3) is 0 Å². The van der Waals surface area contributed by atoms with E-state index in [1.165, 1.54) is 12.1 Å². The molecule has 0 spiro atoms. The van der Waals surface area contributed by atoms with Crippen molar-refractivity contribution in [1.82, 2.24) is 20.6 Å². The number of hydrogen-bond donors (Lipinski definition) is 1. The lowest BCUT2D eigenvalue weighted by atomic mass is 10.2. The fraction of sp³-hybridized carbons (Fsp3) is 0.188. The second-order valence-corrected chi connectivity index (χ2v) is 6.03. The average Bonchev–Trinajstić information content (AvgIpc) is 3.10. The van der Waals surface area contributed by atoms with Crippen LogP contribution in [-0.4, -0.2) is 27.2 Å². The van der Waals surface area contributed by atoms with E-state index in [1.807, 2.05) is 19.1 Å². The van der Waals surface area contributed by atoms with E-state index in [-0.39, 0.29) is 5.82 Å². The van der Waals surface area contributed by atoms with Crippen LogP contribution in [0.5, 0.6) is 11.5 Å². The number of nitrogens with one attached hydrogen (secondary N) is 1. The predicted octanol–water partition coefficient (Wildman–Crippen LogP) is 3.59. The number of hydrogen-bond acceptors (Lipinski definition) is 5. The minimum Gasteiger partial charge on any atom is -0.490 e. The van der Waals surface area contributed by atoms with Gasteiger partial charge in [0.05, 0.1) is 10.2 Å². The topological polar surface area (TPSA) is 72.9 Å². The third-order valence-electron chi connectivity index (χ3n) is 3.21. The monoisotopic (exact) mass is 440 g/mol. The maximum absolute atomic E-state index is 13.0. The summed E-state index contributed by atoms with van der Waals surface area (Å²) < 4.78 is 25.4. The molecule has 0 saturated heterocycles. The van der Waals surface area contributed by atoms with E-state index in [0.29, 0.717) is 30.5 Å². The molecule has 3 rings (SSSR count). The van der Waals surface area contributed by atoms with Crippen LogP contribution in [-0.2, 0) is 6.61 Å². The number of tetrazole rings is 1. The Hall–Kier alpha value is -2.23. The summed E-state index contributed by atoms with van der Waals surface area (Å²) in [5.41, 5.74) is 1.66. The van der Waals surface area contributed by atoms with Gasteiger partial charge in [0.1, 0.15) is 12.4 Å². The number of H-pyrrole nitrogens is 1. The van der Waals surface area contributed by atoms with E-state index in [0.717, 1.165) is 14.7 Å². The Morgan fingerprint density at radius 1 is 1.17 bits per heavy atom. The van der Waals surface area contributed by atoms with Gasteiger partial charge in [-0.05, 0) is 64.6 Å². The van der Waals surface area contributed by atoms with Gasteiger partial charge in [0.15, 0.2) is 11.5 Å². The first-order valence-corrected chi connectivity index (χ1v) is 8.32. The standard InChI is InChI=1S/C16H14FIN4O2/c1-2-23-14-8-11(16-19-21-22-20-16)7-13(18)15(14)24-9-10-3-5-12(17)6-4-10/h3-8H,2,9H2,1H3,(H,19,20,21,22). The summed E-state index contributed by atoms with van der Waals surface area (Å²) in [5, 5.41) is 14.0. The molecule has 2 aromatic carbocycles. The maximum Gasteiger partial charge on any atom is 0.204 e. The third kappa shape index (κ3) is 3.81. The van der Waals surface area contributed by atoms with E-state index in [1.54, 1.807) is 12.1 Å². The van der Waals surface area contributed by atoms with Crippen LogP contribution in [0.3, 0.4) is 0 Å². The molecule has 0 atom stereocenters. The van der Waals surface area contributed by atoms with E-state index in [2.05, 4.69) is 43.2 Å². The number of ether oxygens (including phenoxy) is 2. The molecular formula is C16H14FIN4O2. The molecule has 0 radical (unpaired) electrons. The van der Waals surface area contributed by atoms with Crippen LogP contribution in [0.25, 0.3) is 11.4 Å². The summed E-state index contributed by atoms with van der Waals surface area (Å²) in [4.78, 5) is 0. The third-order valence-corrected chi connectivity index (χ3v) is 4.01. The van der Waals surface area contributed by atoms with E-state index >= 15 is 0 Å². The molecule has 1 N–H and O–H groups in total. The number of halogens is 2. The highest BCUT2D eigenvalue weighted by molar-refractivity contribution is 14.1. The molecule has 3 aromatic rings. The molecule has 0 unspecified atom stereocenters. The Bertz CT molecular complexity index is 810. The van der Waals surface area contributed by atoms with Crippen molar-refractivity contribution in [3.63, 3.8) is 0 Å². The number of aromatic amines is 1. The largest absolute Gasteiger partial charge is 0.490 e. The molecule has 8 heteroatoms. The van der Waals surface area contributed by atoms with Gasteiger partial charge in [-0.3, -0.25) is 0 Å². The summed E-state index contributed by atoms with van der Waals surface area (Å²) in [6.07, 6.45) is 0. The van der Waals surface area contributed by atoms with Gasteiger partial charge in [0, 0.05) is 5.56 Å². The lowest BCUT2D eigenvalue weighted by Gasteiger charge is -2.15. The van der Waals surface area contributed by atoms with Crippen LogP contribution in [0, 0.1) is 9.39 Å². The van der Waals surface area contributed by atoms with Crippen molar-refractivity contribution in [1.29, 1.82) is 0 Å². The lowest BCUT2D eigenvalue weighted by Crippen LogP contribution is -2.02. The van der Waals surface area contributed by atoms with Gasteiger partial charge in [-0.15, -0.1) is 10.2 Å². The molecular weight excluding hydrogens is 426 g/mol. The second kappa shape index (κ2) is 7.56. The molecule has 1 heterocycles. The highest BCUT2D eigenvalue weighted by Gasteiger charge is 2.15. The van der Waals surface area contributed by atoms with E-state index < -0.39 is 0 Å². The minimum absolute atomic E-state index is 0.271. The van der Waals surface area contributed by atoms with Crippen LogP contribution < -0.4 is 9.47 Å². The predicted molar refractivity (Wildman–Crippen MR) is 94.2 cm³/mol. The Labute approximate surface area is 151 Å². The summed E-state index contributed by atoms with van der Waals surface area (Å²) in [6.45, 7) is 2.72. The zero-order valence-corrected chi connectivity index (χ0v) is 14.9. The van der Waals surface area contributed by atoms with Crippen molar-refractivity contribution >= 4 is 22.6 Å². The first-order chi connectivity index (χ1) is 11.7. The summed E-state index contributed by atoms with van der Waals surface area (Å²) in [7, 11) is 0. The van der Waals surface area contributed by atoms with Crippen LogP contribution >= 0.6 is 22.6 Å². The maximum atomic E-state index is 13.0. The number of nitrogens with zero attached hydrogens (tertiary/aromatic N) is 3. The molecule has 24 heavy (non-hydrogen) atoms. The van der Waals surface area contributed by atoms with Crippen molar-refractivity contribution < 1.29 is 13.9 Å². The molecule has 0 saturated carbocycles.